The van der Waals surface area contributed by atoms with Gasteiger partial charge in [-0.05, 0) is 6.07 Å². The third-order valence-corrected chi connectivity index (χ3v) is 5.75. The van der Waals surface area contributed by atoms with Crippen molar-refractivity contribution in [3.63, 3.8) is 0 Å². The number of imidazole rings is 1. The van der Waals surface area contributed by atoms with Gasteiger partial charge in [-0.25, -0.2) is 13.4 Å². The van der Waals surface area contributed by atoms with Crippen molar-refractivity contribution >= 4 is 21.4 Å². The molecule has 0 radical (unpaired) electrons. The summed E-state index contributed by atoms with van der Waals surface area (Å²) in [6, 6.07) is 0.944. The van der Waals surface area contributed by atoms with Gasteiger partial charge in [0.15, 0.2) is 15.7 Å². The van der Waals surface area contributed by atoms with Gasteiger partial charge in [-0.3, -0.25) is 4.98 Å². The molecule has 0 bridgehead atoms. The van der Waals surface area contributed by atoms with Gasteiger partial charge >= 0.3 is 18.0 Å². The van der Waals surface area contributed by atoms with Gasteiger partial charge in [0.05, 0.1) is 21.9 Å². The van der Waals surface area contributed by atoms with E-state index < -0.39 is 55.7 Å². The fraction of sp³-hybridized carbons (Fsp3) is 0.429. The monoisotopic (exact) mass is 453 g/mol. The van der Waals surface area contributed by atoms with Crippen LogP contribution >= 0.6 is 11.6 Å². The van der Waals surface area contributed by atoms with Crippen LogP contribution in [-0.4, -0.2) is 40.8 Å². The number of sulfone groups is 1. The van der Waals surface area contributed by atoms with Crippen molar-refractivity contribution in [3.05, 3.63) is 29.2 Å². The van der Waals surface area contributed by atoms with Crippen LogP contribution in [0.5, 0.6) is 0 Å². The number of alkyl halides is 7. The van der Waals surface area contributed by atoms with Gasteiger partial charge in [0, 0.05) is 13.2 Å². The van der Waals surface area contributed by atoms with E-state index in [1.54, 1.807) is 0 Å². The van der Waals surface area contributed by atoms with Gasteiger partial charge in [0.1, 0.15) is 11.4 Å². The lowest BCUT2D eigenvalue weighted by Gasteiger charge is -2.28. The number of hydrogen-bond donors (Lipinski definition) is 0. The molecule has 0 aromatic carbocycles. The predicted molar refractivity (Wildman–Crippen MR) is 84.1 cm³/mol. The Bertz CT molecular complexity index is 1000. The van der Waals surface area contributed by atoms with Crippen LogP contribution in [0.15, 0.2) is 23.4 Å². The summed E-state index contributed by atoms with van der Waals surface area (Å²) in [4.78, 5) is 6.55. The van der Waals surface area contributed by atoms with E-state index in [2.05, 4.69) is 9.97 Å². The predicted octanol–water partition coefficient (Wildman–Crippen LogP) is 4.22. The molecule has 0 unspecified atom stereocenters. The van der Waals surface area contributed by atoms with E-state index in [-0.39, 0.29) is 15.8 Å². The molecule has 2 aromatic rings. The summed E-state index contributed by atoms with van der Waals surface area (Å²) in [5.41, 5.74) is -2.30. The topological polar surface area (TPSA) is 64.8 Å². The van der Waals surface area contributed by atoms with Crippen LogP contribution < -0.4 is 0 Å². The molecule has 5 nitrogen and oxygen atoms in total. The zero-order chi connectivity index (χ0) is 21.7. The molecule has 0 fully saturated rings. The van der Waals surface area contributed by atoms with Crippen molar-refractivity contribution in [2.45, 2.75) is 29.8 Å². The number of halogens is 8. The highest BCUT2D eigenvalue weighted by Gasteiger charge is 2.74. The van der Waals surface area contributed by atoms with Crippen molar-refractivity contribution in [1.82, 2.24) is 14.5 Å². The standard InChI is InChI=1S/C14H11ClF7N3O2S/c1-3-28(26,27)8-4-7(15)5-23-10(8)11-24-6-9(25(11)2)12(16,17)13(18,19)14(20,21)22/h4-6H,3H2,1-2H3. The van der Waals surface area contributed by atoms with Crippen molar-refractivity contribution in [1.29, 1.82) is 0 Å². The summed E-state index contributed by atoms with van der Waals surface area (Å²) in [7, 11) is -3.28. The lowest BCUT2D eigenvalue weighted by Crippen LogP contribution is -2.50. The lowest BCUT2D eigenvalue weighted by atomic mass is 10.1. The Balaban J connectivity index is 2.72. The first-order valence-electron chi connectivity index (χ1n) is 7.31. The van der Waals surface area contributed by atoms with E-state index in [4.69, 9.17) is 11.6 Å². The van der Waals surface area contributed by atoms with Crippen molar-refractivity contribution in [2.75, 3.05) is 5.75 Å². The minimum absolute atomic E-state index is 0.105. The molecule has 28 heavy (non-hydrogen) atoms. The number of hydrogen-bond acceptors (Lipinski definition) is 4. The lowest BCUT2D eigenvalue weighted by molar-refractivity contribution is -0.360. The van der Waals surface area contributed by atoms with Crippen LogP contribution in [0.3, 0.4) is 0 Å². The number of pyridine rings is 1. The number of aromatic nitrogens is 3. The summed E-state index contributed by atoms with van der Waals surface area (Å²) in [6.07, 6.45) is -5.48. The van der Waals surface area contributed by atoms with Crippen LogP contribution in [0, 0.1) is 0 Å². The summed E-state index contributed by atoms with van der Waals surface area (Å²) >= 11 is 5.70. The van der Waals surface area contributed by atoms with Gasteiger partial charge in [0.25, 0.3) is 0 Å². The highest BCUT2D eigenvalue weighted by molar-refractivity contribution is 7.91. The smallest absolute Gasteiger partial charge is 0.325 e. The Morgan fingerprint density at radius 1 is 1.07 bits per heavy atom. The Labute approximate surface area is 159 Å². The maximum absolute atomic E-state index is 14.0. The molecule has 0 aliphatic heterocycles. The molecule has 0 N–H and O–H groups in total. The summed E-state index contributed by atoms with van der Waals surface area (Å²) in [5, 5.41) is -0.126. The zero-order valence-electron chi connectivity index (χ0n) is 14.0. The molecular weight excluding hydrogens is 443 g/mol. The van der Waals surface area contributed by atoms with E-state index in [9.17, 15) is 39.2 Å². The Morgan fingerprint density at radius 2 is 1.64 bits per heavy atom. The molecule has 0 atom stereocenters. The van der Waals surface area contributed by atoms with E-state index in [0.717, 1.165) is 19.3 Å². The SMILES string of the molecule is CCS(=O)(=O)c1cc(Cl)cnc1-c1ncc(C(F)(F)C(F)(F)C(F)(F)F)n1C. The molecule has 2 rings (SSSR count). The molecule has 0 spiro atoms. The van der Waals surface area contributed by atoms with Crippen molar-refractivity contribution < 1.29 is 39.2 Å². The molecule has 0 amide bonds. The summed E-state index contributed by atoms with van der Waals surface area (Å²) < 4.78 is 117. The molecule has 14 heteroatoms. The molecule has 156 valence electrons. The van der Waals surface area contributed by atoms with E-state index in [1.807, 2.05) is 0 Å². The Hall–Kier alpha value is -1.89. The van der Waals surface area contributed by atoms with Gasteiger partial charge in [-0.1, -0.05) is 18.5 Å². The average Bonchev–Trinajstić information content (AvgIpc) is 2.95. The third kappa shape index (κ3) is 3.45. The van der Waals surface area contributed by atoms with Gasteiger partial charge in [-0.15, -0.1) is 0 Å². The van der Waals surface area contributed by atoms with Crippen molar-refractivity contribution in [3.8, 4) is 11.5 Å². The first-order chi connectivity index (χ1) is 12.6. The second kappa shape index (κ2) is 6.87. The molecule has 0 aliphatic carbocycles. The maximum Gasteiger partial charge on any atom is 0.460 e. The van der Waals surface area contributed by atoms with E-state index in [0.29, 0.717) is 0 Å². The fourth-order valence-corrected chi connectivity index (χ4v) is 3.52. The minimum Gasteiger partial charge on any atom is -0.325 e. The highest BCUT2D eigenvalue weighted by atomic mass is 35.5. The van der Waals surface area contributed by atoms with Gasteiger partial charge in [0.2, 0.25) is 0 Å². The van der Waals surface area contributed by atoms with Gasteiger partial charge in [-0.2, -0.15) is 30.7 Å². The van der Waals surface area contributed by atoms with Gasteiger partial charge < -0.3 is 4.57 Å². The molecule has 0 saturated heterocycles. The van der Waals surface area contributed by atoms with Crippen LogP contribution in [0.2, 0.25) is 5.02 Å². The quantitative estimate of drug-likeness (QED) is 0.636. The Morgan fingerprint density at radius 3 is 2.14 bits per heavy atom. The third-order valence-electron chi connectivity index (χ3n) is 3.81. The van der Waals surface area contributed by atoms with Crippen LogP contribution in [0.25, 0.3) is 11.5 Å². The molecule has 2 heterocycles. The molecular formula is C14H11ClF7N3O2S. The first kappa shape index (κ1) is 22.4. The summed E-state index contributed by atoms with van der Waals surface area (Å²) in [5.74, 6) is -13.2. The minimum atomic E-state index is -6.53. The molecule has 0 saturated carbocycles. The highest BCUT2D eigenvalue weighted by Crippen LogP contribution is 2.52. The number of rotatable bonds is 5. The average molecular weight is 454 g/mol. The number of nitrogens with zero attached hydrogens (tertiary/aromatic N) is 3. The summed E-state index contributed by atoms with van der Waals surface area (Å²) in [6.45, 7) is 1.27. The van der Waals surface area contributed by atoms with E-state index in [1.165, 1.54) is 6.92 Å². The van der Waals surface area contributed by atoms with Crippen molar-refractivity contribution in [2.24, 2.45) is 7.05 Å². The molecule has 0 aliphatic rings. The van der Waals surface area contributed by atoms with Crippen LogP contribution in [0.1, 0.15) is 12.6 Å². The van der Waals surface area contributed by atoms with Crippen LogP contribution in [0.4, 0.5) is 30.7 Å². The largest absolute Gasteiger partial charge is 0.460 e. The molecule has 2 aromatic heterocycles. The fourth-order valence-electron chi connectivity index (χ4n) is 2.24. The van der Waals surface area contributed by atoms with E-state index >= 15 is 0 Å². The maximum atomic E-state index is 14.0. The van der Waals surface area contributed by atoms with Crippen LogP contribution in [-0.2, 0) is 22.8 Å². The second-order valence-corrected chi connectivity index (χ2v) is 8.26. The first-order valence-corrected chi connectivity index (χ1v) is 9.34. The zero-order valence-corrected chi connectivity index (χ0v) is 15.6. The normalized spacial score (nSPS) is 13.8. The Kier molecular flexibility index (Phi) is 5.49. The second-order valence-electron chi connectivity index (χ2n) is 5.58.